The quantitative estimate of drug-likeness (QED) is 0.205. The van der Waals surface area contributed by atoms with Crippen molar-refractivity contribution in [3.05, 3.63) is 107 Å². The van der Waals surface area contributed by atoms with Gasteiger partial charge in [-0.1, -0.05) is 60.7 Å². The first-order valence-corrected chi connectivity index (χ1v) is 18.6. The minimum absolute atomic E-state index is 0.175. The Bertz CT molecular complexity index is 1350. The highest BCUT2D eigenvalue weighted by atomic mass is 28.4. The third-order valence-corrected chi connectivity index (χ3v) is 8.37. The molecule has 1 aliphatic heterocycles. The number of hydrogen-bond acceptors (Lipinski definition) is 5. The number of likely N-dealkylation sites (tertiary alicyclic amines) is 1. The smallest absolute Gasteiger partial charge is 0.417 e. The Labute approximate surface area is 261 Å². The van der Waals surface area contributed by atoms with Crippen LogP contribution in [-0.4, -0.2) is 53.9 Å². The first-order valence-electron chi connectivity index (χ1n) is 15.2. The van der Waals surface area contributed by atoms with Gasteiger partial charge in [-0.3, -0.25) is 9.69 Å². The maximum absolute atomic E-state index is 14.5. The van der Waals surface area contributed by atoms with E-state index in [4.69, 9.17) is 9.16 Å². The summed E-state index contributed by atoms with van der Waals surface area (Å²) in [6, 6.07) is 22.4. The van der Waals surface area contributed by atoms with E-state index in [1.54, 1.807) is 20.8 Å². The monoisotopic (exact) mass is 622 g/mol. The van der Waals surface area contributed by atoms with Crippen LogP contribution in [-0.2, 0) is 33.5 Å². The van der Waals surface area contributed by atoms with Crippen LogP contribution in [0.15, 0.2) is 78.9 Å². The molecule has 4 rings (SSSR count). The molecule has 0 aromatic heterocycles. The predicted molar refractivity (Wildman–Crippen MR) is 170 cm³/mol. The summed E-state index contributed by atoms with van der Waals surface area (Å²) in [6.07, 6.45) is -0.558. The maximum atomic E-state index is 14.5. The second kappa shape index (κ2) is 14.1. The fourth-order valence-electron chi connectivity index (χ4n) is 5.74. The molecule has 9 heteroatoms. The zero-order valence-electron chi connectivity index (χ0n) is 26.6. The van der Waals surface area contributed by atoms with Gasteiger partial charge in [0.1, 0.15) is 17.2 Å². The van der Waals surface area contributed by atoms with E-state index in [0.717, 1.165) is 17.2 Å². The van der Waals surface area contributed by atoms with Crippen LogP contribution in [0.1, 0.15) is 50.3 Å². The molecule has 3 atom stereocenters. The van der Waals surface area contributed by atoms with Gasteiger partial charge in [0.2, 0.25) is 5.91 Å². The number of amides is 2. The van der Waals surface area contributed by atoms with Crippen LogP contribution in [0.5, 0.6) is 0 Å². The van der Waals surface area contributed by atoms with Crippen LogP contribution in [0.2, 0.25) is 19.6 Å². The molecular weight excluding hydrogens is 578 g/mol. The molecule has 3 aromatic rings. The van der Waals surface area contributed by atoms with Gasteiger partial charge in [-0.15, -0.1) is 0 Å². The summed E-state index contributed by atoms with van der Waals surface area (Å²) in [6.45, 7) is 12.5. The maximum Gasteiger partial charge on any atom is 0.417 e. The second-order valence-corrected chi connectivity index (χ2v) is 17.9. The second-order valence-electron chi connectivity index (χ2n) is 13.5. The number of carbonyl (C=O) groups is 2. The van der Waals surface area contributed by atoms with Crippen molar-refractivity contribution in [3.8, 4) is 0 Å². The van der Waals surface area contributed by atoms with E-state index < -0.39 is 49.8 Å². The largest absolute Gasteiger partial charge is 0.443 e. The Morgan fingerprint density at radius 2 is 1.43 bits per heavy atom. The lowest BCUT2D eigenvalue weighted by molar-refractivity contribution is -0.130. The predicted octanol–water partition coefficient (Wildman–Crippen LogP) is 7.72. The van der Waals surface area contributed by atoms with Crippen molar-refractivity contribution in [1.29, 1.82) is 0 Å². The van der Waals surface area contributed by atoms with Gasteiger partial charge in [0.05, 0.1) is 12.1 Å². The zero-order valence-corrected chi connectivity index (χ0v) is 27.6. The van der Waals surface area contributed by atoms with E-state index in [1.807, 2.05) is 60.7 Å². The highest BCUT2D eigenvalue weighted by Gasteiger charge is 2.48. The van der Waals surface area contributed by atoms with Crippen LogP contribution in [0, 0.1) is 11.6 Å². The molecule has 0 unspecified atom stereocenters. The van der Waals surface area contributed by atoms with E-state index in [2.05, 4.69) is 24.5 Å². The van der Waals surface area contributed by atoms with E-state index >= 15 is 0 Å². The number of ether oxygens (including phenoxy) is 1. The molecule has 0 N–H and O–H groups in total. The van der Waals surface area contributed by atoms with Crippen LogP contribution < -0.4 is 0 Å². The third-order valence-electron chi connectivity index (χ3n) is 7.39. The summed E-state index contributed by atoms with van der Waals surface area (Å²) in [4.78, 5) is 30.2. The number of nitrogens with zero attached hydrogens (tertiary/aromatic N) is 2. The van der Waals surface area contributed by atoms with Gasteiger partial charge in [-0.2, -0.15) is 0 Å². The van der Waals surface area contributed by atoms with Crippen LogP contribution >= 0.6 is 0 Å². The van der Waals surface area contributed by atoms with Gasteiger partial charge in [0, 0.05) is 31.6 Å². The molecule has 1 aliphatic rings. The molecule has 0 aliphatic carbocycles. The van der Waals surface area contributed by atoms with E-state index in [1.165, 1.54) is 17.0 Å². The molecule has 1 heterocycles. The summed E-state index contributed by atoms with van der Waals surface area (Å²) in [7, 11) is -2.32. The van der Waals surface area contributed by atoms with Crippen molar-refractivity contribution in [1.82, 2.24) is 9.80 Å². The molecule has 3 aromatic carbocycles. The summed E-state index contributed by atoms with van der Waals surface area (Å²) in [5, 5.41) is 0. The number of hydrogen-bond donors (Lipinski definition) is 0. The van der Waals surface area contributed by atoms with Crippen molar-refractivity contribution >= 4 is 20.3 Å². The first-order chi connectivity index (χ1) is 20.7. The number of rotatable bonds is 11. The number of imide groups is 1. The fourth-order valence-corrected chi connectivity index (χ4v) is 6.87. The average Bonchev–Trinajstić information content (AvgIpc) is 3.31. The molecule has 44 heavy (non-hydrogen) atoms. The lowest BCUT2D eigenvalue weighted by Gasteiger charge is -2.44. The van der Waals surface area contributed by atoms with Crippen molar-refractivity contribution in [3.63, 3.8) is 0 Å². The number of benzene rings is 3. The van der Waals surface area contributed by atoms with E-state index in [0.29, 0.717) is 25.1 Å². The van der Waals surface area contributed by atoms with Crippen LogP contribution in [0.25, 0.3) is 0 Å². The summed E-state index contributed by atoms with van der Waals surface area (Å²) < 4.78 is 41.7. The lowest BCUT2D eigenvalue weighted by atomic mass is 9.92. The van der Waals surface area contributed by atoms with Crippen LogP contribution in [0.4, 0.5) is 13.6 Å². The Morgan fingerprint density at radius 1 is 0.909 bits per heavy atom. The molecule has 1 saturated heterocycles. The Morgan fingerprint density at radius 3 is 1.91 bits per heavy atom. The average molecular weight is 623 g/mol. The molecule has 0 saturated carbocycles. The Balaban J connectivity index is 1.86. The molecule has 0 spiro atoms. The van der Waals surface area contributed by atoms with Gasteiger partial charge in [0.25, 0.3) is 0 Å². The van der Waals surface area contributed by atoms with E-state index in [-0.39, 0.29) is 18.7 Å². The van der Waals surface area contributed by atoms with Crippen molar-refractivity contribution < 1.29 is 27.5 Å². The zero-order chi connectivity index (χ0) is 32.1. The molecule has 6 nitrogen and oxygen atoms in total. The summed E-state index contributed by atoms with van der Waals surface area (Å²) in [5.74, 6) is -1.64. The highest BCUT2D eigenvalue weighted by molar-refractivity contribution is 6.69. The van der Waals surface area contributed by atoms with Gasteiger partial charge in [-0.25, -0.2) is 18.5 Å². The van der Waals surface area contributed by atoms with Gasteiger partial charge in [0.15, 0.2) is 8.32 Å². The molecule has 0 bridgehead atoms. The summed E-state index contributed by atoms with van der Waals surface area (Å²) >= 11 is 0. The topological polar surface area (TPSA) is 59.1 Å². The number of carbonyl (C=O) groups excluding carboxylic acids is 2. The number of halogens is 2. The fraction of sp³-hybridized carbons (Fsp3) is 0.429. The SMILES string of the molecule is CC(C)(C)OC(=O)N1C(=O)CC[C@@H]1[C@@H](O[Si](C)(C)C)[C@H](Cc1cc(F)cc(F)c1)N(Cc1ccccc1)Cc1ccccc1. The Kier molecular flexibility index (Phi) is 10.8. The molecule has 1 fully saturated rings. The normalized spacial score (nSPS) is 17.2. The van der Waals surface area contributed by atoms with Gasteiger partial charge >= 0.3 is 6.09 Å². The van der Waals surface area contributed by atoms with Crippen molar-refractivity contribution in [2.45, 2.75) is 96.6 Å². The van der Waals surface area contributed by atoms with Gasteiger partial charge in [-0.05, 0) is 82.1 Å². The molecular formula is C35H44F2N2O4Si. The Hall–Kier alpha value is -3.40. The van der Waals surface area contributed by atoms with E-state index in [9.17, 15) is 18.4 Å². The highest BCUT2D eigenvalue weighted by Crippen LogP contribution is 2.33. The van der Waals surface area contributed by atoms with Crippen molar-refractivity contribution in [2.75, 3.05) is 0 Å². The molecule has 2 amide bonds. The summed E-state index contributed by atoms with van der Waals surface area (Å²) in [5.41, 5.74) is 1.77. The molecule has 236 valence electrons. The molecule has 0 radical (unpaired) electrons. The van der Waals surface area contributed by atoms with Crippen molar-refractivity contribution in [2.24, 2.45) is 0 Å². The third kappa shape index (κ3) is 9.55. The van der Waals surface area contributed by atoms with Crippen LogP contribution in [0.3, 0.4) is 0 Å². The first kappa shape index (κ1) is 33.5. The minimum Gasteiger partial charge on any atom is -0.443 e. The standard InChI is InChI=1S/C35H44F2N2O4Si/c1-35(2,3)42-34(41)39-30(17-18-32(39)40)33(43-44(4,5)6)31(21-27-19-28(36)22-29(37)20-27)38(23-25-13-9-7-10-14-25)24-26-15-11-8-12-16-26/h7-16,19-20,22,30-31,33H,17-18,21,23-24H2,1-6H3/t30-,31+,33-/m1/s1. The minimum atomic E-state index is -2.32. The lowest BCUT2D eigenvalue weighted by Crippen LogP contribution is -2.58. The van der Waals surface area contributed by atoms with Gasteiger partial charge < -0.3 is 9.16 Å².